The third-order valence-electron chi connectivity index (χ3n) is 3.66. The second kappa shape index (κ2) is 5.70. The molecule has 1 aliphatic rings. The van der Waals surface area contributed by atoms with E-state index in [0.29, 0.717) is 28.7 Å². The molecule has 0 unspecified atom stereocenters. The van der Waals surface area contributed by atoms with Crippen LogP contribution in [0.5, 0.6) is 0 Å². The van der Waals surface area contributed by atoms with Crippen LogP contribution in [0.25, 0.3) is 0 Å². The van der Waals surface area contributed by atoms with Crippen LogP contribution in [-0.2, 0) is 19.5 Å². The molecule has 1 amide bonds. The lowest BCUT2D eigenvalue weighted by Crippen LogP contribution is -2.38. The molecule has 6 heteroatoms. The van der Waals surface area contributed by atoms with Crippen LogP contribution in [0.4, 0.5) is 0 Å². The predicted molar refractivity (Wildman–Crippen MR) is 82.8 cm³/mol. The van der Waals surface area contributed by atoms with Crippen LogP contribution < -0.4 is 0 Å². The largest absolute Gasteiger partial charge is 0.331 e. The summed E-state index contributed by atoms with van der Waals surface area (Å²) < 4.78 is 2.12. The van der Waals surface area contributed by atoms with Crippen molar-refractivity contribution in [3.63, 3.8) is 0 Å². The standard InChI is InChI=1S/C15H15Cl2N3O/c1-2-11-8-19-5-6-20(9-14(19)18-11)15(21)12-4-3-10(16)7-13(12)17/h3-4,7-8H,2,5-6,9H2,1H3. The Balaban J connectivity index is 1.83. The number of carbonyl (C=O) groups excluding carboxylic acids is 1. The van der Waals surface area contributed by atoms with E-state index in [0.717, 1.165) is 24.5 Å². The highest BCUT2D eigenvalue weighted by atomic mass is 35.5. The number of carbonyl (C=O) groups is 1. The van der Waals surface area contributed by atoms with Gasteiger partial charge in [-0.15, -0.1) is 0 Å². The number of fused-ring (bicyclic) bond motifs is 1. The van der Waals surface area contributed by atoms with E-state index in [1.165, 1.54) is 0 Å². The second-order valence-corrected chi connectivity index (χ2v) is 5.89. The molecular weight excluding hydrogens is 309 g/mol. The summed E-state index contributed by atoms with van der Waals surface area (Å²) in [4.78, 5) is 18.9. The van der Waals surface area contributed by atoms with Gasteiger partial charge in [0.05, 0.1) is 22.8 Å². The molecule has 3 rings (SSSR count). The van der Waals surface area contributed by atoms with Crippen molar-refractivity contribution >= 4 is 29.1 Å². The topological polar surface area (TPSA) is 38.1 Å². The highest BCUT2D eigenvalue weighted by molar-refractivity contribution is 6.36. The number of imidazole rings is 1. The molecule has 0 bridgehead atoms. The van der Waals surface area contributed by atoms with Gasteiger partial charge in [0.25, 0.3) is 5.91 Å². The fourth-order valence-corrected chi connectivity index (χ4v) is 2.98. The van der Waals surface area contributed by atoms with E-state index in [4.69, 9.17) is 23.2 Å². The molecule has 1 aromatic heterocycles. The average Bonchev–Trinajstić information content (AvgIpc) is 2.88. The normalized spacial score (nSPS) is 14.1. The number of rotatable bonds is 2. The minimum Gasteiger partial charge on any atom is -0.331 e. The van der Waals surface area contributed by atoms with Gasteiger partial charge in [-0.3, -0.25) is 4.79 Å². The zero-order chi connectivity index (χ0) is 15.0. The summed E-state index contributed by atoms with van der Waals surface area (Å²) in [5, 5.41) is 0.911. The summed E-state index contributed by atoms with van der Waals surface area (Å²) in [6.07, 6.45) is 2.96. The second-order valence-electron chi connectivity index (χ2n) is 5.05. The summed E-state index contributed by atoms with van der Waals surface area (Å²) >= 11 is 12.0. The smallest absolute Gasteiger partial charge is 0.255 e. The van der Waals surface area contributed by atoms with Gasteiger partial charge in [0, 0.05) is 24.3 Å². The molecule has 0 N–H and O–H groups in total. The number of hydrogen-bond acceptors (Lipinski definition) is 2. The van der Waals surface area contributed by atoms with E-state index >= 15 is 0 Å². The molecular formula is C15H15Cl2N3O. The number of amides is 1. The van der Waals surface area contributed by atoms with Crippen LogP contribution in [0, 0.1) is 0 Å². The summed E-state index contributed by atoms with van der Waals surface area (Å²) in [6, 6.07) is 4.95. The molecule has 0 spiro atoms. The molecule has 0 fully saturated rings. The van der Waals surface area contributed by atoms with Crippen molar-refractivity contribution in [1.29, 1.82) is 0 Å². The summed E-state index contributed by atoms with van der Waals surface area (Å²) in [6.45, 7) is 4.01. The lowest BCUT2D eigenvalue weighted by Gasteiger charge is -2.28. The summed E-state index contributed by atoms with van der Waals surface area (Å²) in [5.74, 6) is 0.848. The van der Waals surface area contributed by atoms with Crippen molar-refractivity contribution in [2.24, 2.45) is 0 Å². The van der Waals surface area contributed by atoms with Gasteiger partial charge < -0.3 is 9.47 Å². The maximum absolute atomic E-state index is 12.6. The van der Waals surface area contributed by atoms with Gasteiger partial charge in [-0.2, -0.15) is 0 Å². The van der Waals surface area contributed by atoms with E-state index in [-0.39, 0.29) is 5.91 Å². The number of halogens is 2. The molecule has 0 atom stereocenters. The molecule has 0 saturated heterocycles. The molecule has 4 nitrogen and oxygen atoms in total. The fourth-order valence-electron chi connectivity index (χ4n) is 2.49. The van der Waals surface area contributed by atoms with Gasteiger partial charge in [0.15, 0.2) is 0 Å². The van der Waals surface area contributed by atoms with Crippen molar-refractivity contribution < 1.29 is 4.79 Å². The molecule has 110 valence electrons. The van der Waals surface area contributed by atoms with E-state index in [1.807, 2.05) is 0 Å². The zero-order valence-electron chi connectivity index (χ0n) is 11.6. The van der Waals surface area contributed by atoms with E-state index in [1.54, 1.807) is 23.1 Å². The Labute approximate surface area is 133 Å². The van der Waals surface area contributed by atoms with E-state index in [9.17, 15) is 4.79 Å². The number of aryl methyl sites for hydroxylation is 1. The SMILES string of the molecule is CCc1cn2c(n1)CN(C(=O)c1ccc(Cl)cc1Cl)CC2. The van der Waals surface area contributed by atoms with Gasteiger partial charge in [0.2, 0.25) is 0 Å². The van der Waals surface area contributed by atoms with Crippen LogP contribution in [0.15, 0.2) is 24.4 Å². The first-order chi connectivity index (χ1) is 10.1. The highest BCUT2D eigenvalue weighted by Gasteiger charge is 2.24. The van der Waals surface area contributed by atoms with Gasteiger partial charge >= 0.3 is 0 Å². The predicted octanol–water partition coefficient (Wildman–Crippen LogP) is 3.41. The highest BCUT2D eigenvalue weighted by Crippen LogP contribution is 2.24. The zero-order valence-corrected chi connectivity index (χ0v) is 13.2. The minimum absolute atomic E-state index is 0.0797. The monoisotopic (exact) mass is 323 g/mol. The first-order valence-electron chi connectivity index (χ1n) is 6.87. The number of aromatic nitrogens is 2. The number of hydrogen-bond donors (Lipinski definition) is 0. The van der Waals surface area contributed by atoms with Gasteiger partial charge in [-0.05, 0) is 24.6 Å². The Hall–Kier alpha value is -1.52. The van der Waals surface area contributed by atoms with Crippen LogP contribution in [0.3, 0.4) is 0 Å². The van der Waals surface area contributed by atoms with Crippen LogP contribution in [0.1, 0.15) is 28.8 Å². The maximum Gasteiger partial charge on any atom is 0.255 e. The molecule has 2 heterocycles. The summed E-state index contributed by atoms with van der Waals surface area (Å²) in [7, 11) is 0. The molecule has 0 radical (unpaired) electrons. The van der Waals surface area contributed by atoms with Crippen LogP contribution >= 0.6 is 23.2 Å². The fraction of sp³-hybridized carbons (Fsp3) is 0.333. The van der Waals surface area contributed by atoms with Crippen LogP contribution in [0.2, 0.25) is 10.0 Å². The summed E-state index contributed by atoms with van der Waals surface area (Å²) in [5.41, 5.74) is 1.54. The van der Waals surface area contributed by atoms with Crippen molar-refractivity contribution in [2.45, 2.75) is 26.4 Å². The van der Waals surface area contributed by atoms with Crippen molar-refractivity contribution in [1.82, 2.24) is 14.5 Å². The minimum atomic E-state index is -0.0797. The first kappa shape index (κ1) is 14.4. The Morgan fingerprint density at radius 1 is 1.33 bits per heavy atom. The van der Waals surface area contributed by atoms with E-state index in [2.05, 4.69) is 22.7 Å². The third kappa shape index (κ3) is 2.78. The van der Waals surface area contributed by atoms with Gasteiger partial charge in [-0.1, -0.05) is 30.1 Å². The number of benzene rings is 1. The lowest BCUT2D eigenvalue weighted by molar-refractivity contribution is 0.0707. The molecule has 1 aliphatic heterocycles. The molecule has 0 aliphatic carbocycles. The van der Waals surface area contributed by atoms with Crippen LogP contribution in [-0.4, -0.2) is 26.9 Å². The molecule has 0 saturated carbocycles. The Morgan fingerprint density at radius 2 is 2.14 bits per heavy atom. The average molecular weight is 324 g/mol. The molecule has 1 aromatic carbocycles. The number of nitrogens with zero attached hydrogens (tertiary/aromatic N) is 3. The van der Waals surface area contributed by atoms with Gasteiger partial charge in [0.1, 0.15) is 5.82 Å². The molecule has 21 heavy (non-hydrogen) atoms. The Bertz CT molecular complexity index is 696. The third-order valence-corrected chi connectivity index (χ3v) is 4.21. The van der Waals surface area contributed by atoms with Crippen molar-refractivity contribution in [2.75, 3.05) is 6.54 Å². The van der Waals surface area contributed by atoms with Gasteiger partial charge in [-0.25, -0.2) is 4.98 Å². The van der Waals surface area contributed by atoms with E-state index < -0.39 is 0 Å². The Kier molecular flexibility index (Phi) is 3.91. The maximum atomic E-state index is 12.6. The van der Waals surface area contributed by atoms with Crippen molar-refractivity contribution in [3.05, 3.63) is 51.5 Å². The molecule has 2 aromatic rings. The quantitative estimate of drug-likeness (QED) is 0.849. The van der Waals surface area contributed by atoms with Crippen molar-refractivity contribution in [3.8, 4) is 0 Å². The first-order valence-corrected chi connectivity index (χ1v) is 7.63. The Morgan fingerprint density at radius 3 is 2.86 bits per heavy atom. The lowest BCUT2D eigenvalue weighted by atomic mass is 10.2.